The Labute approximate surface area is 155 Å². The number of aliphatic imine (C=N–C) groups is 1. The summed E-state index contributed by atoms with van der Waals surface area (Å²) in [6.45, 7) is 4.10. The molecule has 0 amide bonds. The highest BCUT2D eigenvalue weighted by Crippen LogP contribution is 2.22. The second-order valence-electron chi connectivity index (χ2n) is 6.52. The van der Waals surface area contributed by atoms with Crippen molar-refractivity contribution in [3.05, 3.63) is 34.9 Å². The van der Waals surface area contributed by atoms with E-state index in [1.54, 1.807) is 0 Å². The lowest BCUT2D eigenvalue weighted by Gasteiger charge is -2.37. The summed E-state index contributed by atoms with van der Waals surface area (Å²) in [6, 6.07) is 0.192. The fourth-order valence-electron chi connectivity index (χ4n) is 3.33. The minimum Gasteiger partial charge on any atom is -0.375 e. The van der Waals surface area contributed by atoms with E-state index in [1.165, 1.54) is 0 Å². The van der Waals surface area contributed by atoms with Crippen molar-refractivity contribution in [3.63, 3.8) is 0 Å². The highest BCUT2D eigenvalue weighted by atomic mass is 19.2. The second-order valence-corrected chi connectivity index (χ2v) is 6.52. The largest absolute Gasteiger partial charge is 0.375 e. The third-order valence-electron chi connectivity index (χ3n) is 4.70. The van der Waals surface area contributed by atoms with Crippen LogP contribution in [-0.2, 0) is 16.0 Å². The fourth-order valence-corrected chi connectivity index (χ4v) is 3.33. The molecule has 2 unspecified atom stereocenters. The number of nitrogens with one attached hydrogen (secondary N) is 1. The number of benzene rings is 1. The van der Waals surface area contributed by atoms with Gasteiger partial charge >= 0.3 is 0 Å². The maximum atomic E-state index is 13.9. The van der Waals surface area contributed by atoms with Gasteiger partial charge in [0.25, 0.3) is 0 Å². The number of ether oxygens (including phenoxy) is 2. The standard InChI is InChI=1S/C18H23F4N3O2/c1-2-23-18(24-9-11-16(21)12(19)8-13(20)17(11)22)25-5-7-27-15(10-25)14-4-3-6-26-14/h8,14-15H,2-7,9-10H2,1H3,(H,23,24). The topological polar surface area (TPSA) is 46.1 Å². The SMILES string of the molecule is CCNC(=NCc1c(F)c(F)cc(F)c1F)N1CCOC(C2CCCO2)C1. The Hall–Kier alpha value is -1.87. The molecule has 2 aliphatic heterocycles. The summed E-state index contributed by atoms with van der Waals surface area (Å²) in [5.74, 6) is -5.31. The normalized spacial score (nSPS) is 23.7. The first kappa shape index (κ1) is 19.9. The number of guanidine groups is 1. The number of rotatable bonds is 4. The van der Waals surface area contributed by atoms with Gasteiger partial charge in [0.15, 0.2) is 29.2 Å². The molecule has 9 heteroatoms. The molecule has 3 rings (SSSR count). The third kappa shape index (κ3) is 4.52. The Balaban J connectivity index is 1.77. The van der Waals surface area contributed by atoms with E-state index in [0.717, 1.165) is 12.8 Å². The zero-order chi connectivity index (χ0) is 19.4. The predicted octanol–water partition coefficient (Wildman–Crippen LogP) is 2.59. The van der Waals surface area contributed by atoms with Gasteiger partial charge in [-0.05, 0) is 19.8 Å². The molecule has 0 saturated carbocycles. The van der Waals surface area contributed by atoms with Gasteiger partial charge in [0.2, 0.25) is 0 Å². The molecule has 150 valence electrons. The van der Waals surface area contributed by atoms with Crippen molar-refractivity contribution < 1.29 is 27.0 Å². The molecule has 1 aromatic rings. The van der Waals surface area contributed by atoms with E-state index in [4.69, 9.17) is 9.47 Å². The smallest absolute Gasteiger partial charge is 0.194 e. The van der Waals surface area contributed by atoms with Gasteiger partial charge in [-0.3, -0.25) is 0 Å². The Morgan fingerprint density at radius 1 is 1.15 bits per heavy atom. The molecule has 0 spiro atoms. The van der Waals surface area contributed by atoms with Crippen molar-refractivity contribution in [1.29, 1.82) is 0 Å². The van der Waals surface area contributed by atoms with Crippen LogP contribution in [0.3, 0.4) is 0 Å². The molecule has 1 aromatic carbocycles. The van der Waals surface area contributed by atoms with Crippen LogP contribution >= 0.6 is 0 Å². The number of halogens is 4. The van der Waals surface area contributed by atoms with Crippen LogP contribution < -0.4 is 5.32 Å². The van der Waals surface area contributed by atoms with Crippen LogP contribution in [0.15, 0.2) is 11.1 Å². The summed E-state index contributed by atoms with van der Waals surface area (Å²) in [7, 11) is 0. The third-order valence-corrected chi connectivity index (χ3v) is 4.70. The molecule has 2 saturated heterocycles. The maximum absolute atomic E-state index is 13.9. The number of hydrogen-bond donors (Lipinski definition) is 1. The van der Waals surface area contributed by atoms with E-state index in [1.807, 2.05) is 11.8 Å². The first-order valence-electron chi connectivity index (χ1n) is 9.09. The molecular weight excluding hydrogens is 366 g/mol. The predicted molar refractivity (Wildman–Crippen MR) is 91.4 cm³/mol. The quantitative estimate of drug-likeness (QED) is 0.372. The van der Waals surface area contributed by atoms with Crippen molar-refractivity contribution in [2.45, 2.75) is 38.5 Å². The zero-order valence-corrected chi connectivity index (χ0v) is 15.1. The molecule has 2 fully saturated rings. The molecule has 2 atom stereocenters. The van der Waals surface area contributed by atoms with Gasteiger partial charge in [-0.2, -0.15) is 0 Å². The fraction of sp³-hybridized carbons (Fsp3) is 0.611. The van der Waals surface area contributed by atoms with E-state index in [0.29, 0.717) is 38.8 Å². The minimum absolute atomic E-state index is 0.0166. The van der Waals surface area contributed by atoms with Gasteiger partial charge in [-0.15, -0.1) is 0 Å². The molecule has 0 aromatic heterocycles. The molecule has 5 nitrogen and oxygen atoms in total. The van der Waals surface area contributed by atoms with Crippen LogP contribution in [0.2, 0.25) is 0 Å². The molecule has 0 radical (unpaired) electrons. The van der Waals surface area contributed by atoms with E-state index >= 15 is 0 Å². The van der Waals surface area contributed by atoms with E-state index in [9.17, 15) is 17.6 Å². The molecule has 27 heavy (non-hydrogen) atoms. The van der Waals surface area contributed by atoms with Crippen LogP contribution in [0, 0.1) is 23.3 Å². The summed E-state index contributed by atoms with van der Waals surface area (Å²) in [4.78, 5) is 6.10. The van der Waals surface area contributed by atoms with Crippen molar-refractivity contribution in [2.24, 2.45) is 4.99 Å². The summed E-state index contributed by atoms with van der Waals surface area (Å²) in [5, 5.41) is 3.05. The number of hydrogen-bond acceptors (Lipinski definition) is 3. The summed E-state index contributed by atoms with van der Waals surface area (Å²) < 4.78 is 66.0. The Kier molecular flexibility index (Phi) is 6.54. The lowest BCUT2D eigenvalue weighted by atomic mass is 10.1. The monoisotopic (exact) mass is 389 g/mol. The Morgan fingerprint density at radius 3 is 2.48 bits per heavy atom. The van der Waals surface area contributed by atoms with Crippen LogP contribution in [0.5, 0.6) is 0 Å². The first-order valence-corrected chi connectivity index (χ1v) is 9.09. The Morgan fingerprint density at radius 2 is 1.85 bits per heavy atom. The summed E-state index contributed by atoms with van der Waals surface area (Å²) in [5.41, 5.74) is -0.730. The van der Waals surface area contributed by atoms with Crippen LogP contribution in [0.1, 0.15) is 25.3 Å². The van der Waals surface area contributed by atoms with Crippen molar-refractivity contribution in [3.8, 4) is 0 Å². The van der Waals surface area contributed by atoms with E-state index in [-0.39, 0.29) is 18.3 Å². The highest BCUT2D eigenvalue weighted by molar-refractivity contribution is 5.80. The molecule has 0 aliphatic carbocycles. The van der Waals surface area contributed by atoms with Crippen LogP contribution in [0.25, 0.3) is 0 Å². The van der Waals surface area contributed by atoms with E-state index in [2.05, 4.69) is 10.3 Å². The van der Waals surface area contributed by atoms with Gasteiger partial charge in [0.05, 0.1) is 24.8 Å². The number of morpholine rings is 1. The average Bonchev–Trinajstić information content (AvgIpc) is 3.20. The lowest BCUT2D eigenvalue weighted by molar-refractivity contribution is -0.0817. The molecule has 2 heterocycles. The molecular formula is C18H23F4N3O2. The van der Waals surface area contributed by atoms with Gasteiger partial charge in [0, 0.05) is 32.3 Å². The van der Waals surface area contributed by atoms with Crippen molar-refractivity contribution in [1.82, 2.24) is 10.2 Å². The van der Waals surface area contributed by atoms with Crippen LogP contribution in [-0.4, -0.2) is 55.9 Å². The molecule has 1 N–H and O–H groups in total. The van der Waals surface area contributed by atoms with Crippen LogP contribution in [0.4, 0.5) is 17.6 Å². The summed E-state index contributed by atoms with van der Waals surface area (Å²) in [6.07, 6.45) is 1.81. The second kappa shape index (κ2) is 8.88. The van der Waals surface area contributed by atoms with Gasteiger partial charge in [0.1, 0.15) is 6.10 Å². The average molecular weight is 389 g/mol. The van der Waals surface area contributed by atoms with Crippen molar-refractivity contribution >= 4 is 5.96 Å². The maximum Gasteiger partial charge on any atom is 0.194 e. The van der Waals surface area contributed by atoms with Gasteiger partial charge in [-0.25, -0.2) is 22.6 Å². The van der Waals surface area contributed by atoms with Crippen molar-refractivity contribution in [2.75, 3.05) is 32.8 Å². The molecule has 2 aliphatic rings. The minimum atomic E-state index is -1.44. The summed E-state index contributed by atoms with van der Waals surface area (Å²) >= 11 is 0. The number of nitrogens with zero attached hydrogens (tertiary/aromatic N) is 2. The first-order chi connectivity index (χ1) is 13.0. The van der Waals surface area contributed by atoms with Gasteiger partial charge < -0.3 is 19.7 Å². The van der Waals surface area contributed by atoms with Gasteiger partial charge in [-0.1, -0.05) is 0 Å². The molecule has 0 bridgehead atoms. The highest BCUT2D eigenvalue weighted by Gasteiger charge is 2.32. The zero-order valence-electron chi connectivity index (χ0n) is 15.1. The van der Waals surface area contributed by atoms with E-state index < -0.39 is 35.4 Å². The lowest BCUT2D eigenvalue weighted by Crippen LogP contribution is -2.53. The Bertz CT molecular complexity index is 669.